The molecule has 23 heavy (non-hydrogen) atoms. The van der Waals surface area contributed by atoms with Gasteiger partial charge in [-0.05, 0) is 31.2 Å². The number of carbonyl (C=O) groups excluding carboxylic acids is 1. The monoisotopic (exact) mass is 336 g/mol. The number of benzene rings is 1. The summed E-state index contributed by atoms with van der Waals surface area (Å²) in [6, 6.07) is 10.0. The highest BCUT2D eigenvalue weighted by molar-refractivity contribution is 7.89. The number of nitrogens with one attached hydrogen (secondary N) is 1. The maximum absolute atomic E-state index is 12.6. The van der Waals surface area contributed by atoms with Crippen LogP contribution in [0.1, 0.15) is 18.2 Å². The summed E-state index contributed by atoms with van der Waals surface area (Å²) in [7, 11) is -3.69. The summed E-state index contributed by atoms with van der Waals surface area (Å²) in [5, 5.41) is 2.64. The average Bonchev–Trinajstić information content (AvgIpc) is 3.04. The van der Waals surface area contributed by atoms with E-state index in [0.29, 0.717) is 5.76 Å². The highest BCUT2D eigenvalue weighted by atomic mass is 32.2. The van der Waals surface area contributed by atoms with Crippen molar-refractivity contribution in [1.29, 1.82) is 0 Å². The predicted molar refractivity (Wildman–Crippen MR) is 86.2 cm³/mol. The summed E-state index contributed by atoms with van der Waals surface area (Å²) in [5.41, 5.74) is 0.975. The minimum atomic E-state index is -3.69. The number of likely N-dealkylation sites (N-methyl/N-ethyl adjacent to an activating group) is 1. The van der Waals surface area contributed by atoms with E-state index in [1.54, 1.807) is 43.3 Å². The number of furan rings is 1. The van der Waals surface area contributed by atoms with Crippen LogP contribution in [0.4, 0.5) is 0 Å². The zero-order valence-electron chi connectivity index (χ0n) is 13.2. The quantitative estimate of drug-likeness (QED) is 0.838. The molecule has 1 amide bonds. The molecule has 0 radical (unpaired) electrons. The van der Waals surface area contributed by atoms with E-state index in [9.17, 15) is 13.2 Å². The second-order valence-electron chi connectivity index (χ2n) is 5.10. The van der Waals surface area contributed by atoms with Crippen LogP contribution in [0.2, 0.25) is 0 Å². The molecule has 1 aromatic heterocycles. The van der Waals surface area contributed by atoms with Gasteiger partial charge in [-0.25, -0.2) is 8.42 Å². The van der Waals surface area contributed by atoms with Gasteiger partial charge in [0.25, 0.3) is 0 Å². The van der Waals surface area contributed by atoms with Gasteiger partial charge in [-0.15, -0.1) is 0 Å². The van der Waals surface area contributed by atoms with Crippen molar-refractivity contribution < 1.29 is 17.6 Å². The van der Waals surface area contributed by atoms with Crippen LogP contribution >= 0.6 is 0 Å². The lowest BCUT2D eigenvalue weighted by Crippen LogP contribution is -2.40. The molecule has 0 aliphatic carbocycles. The molecule has 0 aliphatic rings. The van der Waals surface area contributed by atoms with E-state index in [0.717, 1.165) is 9.87 Å². The summed E-state index contributed by atoms with van der Waals surface area (Å²) < 4.78 is 31.4. The number of carbonyl (C=O) groups is 1. The molecule has 0 atom stereocenters. The maximum Gasteiger partial charge on any atom is 0.243 e. The lowest BCUT2D eigenvalue weighted by molar-refractivity contribution is -0.121. The van der Waals surface area contributed by atoms with Crippen LogP contribution in [0.5, 0.6) is 0 Å². The van der Waals surface area contributed by atoms with Gasteiger partial charge in [0.1, 0.15) is 5.76 Å². The Morgan fingerprint density at radius 3 is 2.48 bits per heavy atom. The standard InChI is InChI=1S/C16H20N2O4S/c1-3-18(12-16(19)17-11-14-5-4-10-22-14)23(20,21)15-8-6-13(2)7-9-15/h4-10H,3,11-12H2,1-2H3,(H,17,19). The molecular weight excluding hydrogens is 316 g/mol. The van der Waals surface area contributed by atoms with Gasteiger partial charge in [0, 0.05) is 6.54 Å². The number of nitrogens with zero attached hydrogens (tertiary/aromatic N) is 1. The van der Waals surface area contributed by atoms with E-state index in [1.165, 1.54) is 6.26 Å². The minimum absolute atomic E-state index is 0.184. The van der Waals surface area contributed by atoms with Crippen molar-refractivity contribution in [3.8, 4) is 0 Å². The number of rotatable bonds is 7. The lowest BCUT2D eigenvalue weighted by Gasteiger charge is -2.20. The Morgan fingerprint density at radius 1 is 1.22 bits per heavy atom. The molecule has 0 saturated carbocycles. The second kappa shape index (κ2) is 7.43. The minimum Gasteiger partial charge on any atom is -0.467 e. The third-order valence-corrected chi connectivity index (χ3v) is 5.31. The van der Waals surface area contributed by atoms with Crippen LogP contribution < -0.4 is 5.32 Å². The Hall–Kier alpha value is -2.12. The van der Waals surface area contributed by atoms with Crippen molar-refractivity contribution in [2.24, 2.45) is 0 Å². The largest absolute Gasteiger partial charge is 0.467 e. The molecule has 124 valence electrons. The fourth-order valence-electron chi connectivity index (χ4n) is 2.04. The zero-order chi connectivity index (χ0) is 16.9. The van der Waals surface area contributed by atoms with Crippen LogP contribution in [0.15, 0.2) is 52.0 Å². The lowest BCUT2D eigenvalue weighted by atomic mass is 10.2. The van der Waals surface area contributed by atoms with Crippen LogP contribution in [0.3, 0.4) is 0 Å². The Morgan fingerprint density at radius 2 is 1.91 bits per heavy atom. The zero-order valence-corrected chi connectivity index (χ0v) is 14.0. The first kappa shape index (κ1) is 17.2. The van der Waals surface area contributed by atoms with Crippen LogP contribution in [0, 0.1) is 6.92 Å². The molecule has 6 nitrogen and oxygen atoms in total. The van der Waals surface area contributed by atoms with Crippen molar-refractivity contribution in [3.63, 3.8) is 0 Å². The first-order valence-corrected chi connectivity index (χ1v) is 8.73. The van der Waals surface area contributed by atoms with Crippen LogP contribution in [-0.4, -0.2) is 31.7 Å². The number of amides is 1. The second-order valence-corrected chi connectivity index (χ2v) is 7.04. The average molecular weight is 336 g/mol. The molecule has 2 rings (SSSR count). The van der Waals surface area contributed by atoms with Crippen molar-refractivity contribution in [2.75, 3.05) is 13.1 Å². The van der Waals surface area contributed by atoms with Crippen molar-refractivity contribution in [1.82, 2.24) is 9.62 Å². The van der Waals surface area contributed by atoms with Gasteiger partial charge in [0.15, 0.2) is 0 Å². The maximum atomic E-state index is 12.6. The van der Waals surface area contributed by atoms with Gasteiger partial charge >= 0.3 is 0 Å². The predicted octanol–water partition coefficient (Wildman–Crippen LogP) is 1.92. The molecule has 7 heteroatoms. The molecular formula is C16H20N2O4S. The molecule has 0 unspecified atom stereocenters. The van der Waals surface area contributed by atoms with E-state index < -0.39 is 10.0 Å². The number of sulfonamides is 1. The van der Waals surface area contributed by atoms with E-state index in [-0.39, 0.29) is 30.4 Å². The van der Waals surface area contributed by atoms with Gasteiger partial charge in [-0.1, -0.05) is 24.6 Å². The molecule has 1 N–H and O–H groups in total. The molecule has 1 aromatic carbocycles. The van der Waals surface area contributed by atoms with Crippen LogP contribution in [-0.2, 0) is 21.4 Å². The fraction of sp³-hybridized carbons (Fsp3) is 0.312. The highest BCUT2D eigenvalue weighted by Gasteiger charge is 2.25. The summed E-state index contributed by atoms with van der Waals surface area (Å²) in [6.45, 7) is 3.80. The van der Waals surface area contributed by atoms with Crippen molar-refractivity contribution in [2.45, 2.75) is 25.3 Å². The van der Waals surface area contributed by atoms with Crippen LogP contribution in [0.25, 0.3) is 0 Å². The SMILES string of the molecule is CCN(CC(=O)NCc1ccco1)S(=O)(=O)c1ccc(C)cc1. The van der Waals surface area contributed by atoms with Gasteiger partial charge in [0.05, 0.1) is 24.2 Å². The summed E-state index contributed by atoms with van der Waals surface area (Å²) in [4.78, 5) is 12.2. The molecule has 2 aromatic rings. The molecule has 0 spiro atoms. The topological polar surface area (TPSA) is 79.6 Å². The van der Waals surface area contributed by atoms with E-state index in [1.807, 2.05) is 6.92 Å². The Kier molecular flexibility index (Phi) is 5.57. The fourth-order valence-corrected chi connectivity index (χ4v) is 3.45. The summed E-state index contributed by atoms with van der Waals surface area (Å²) in [5.74, 6) is 0.238. The molecule has 0 saturated heterocycles. The molecule has 0 aliphatic heterocycles. The van der Waals surface area contributed by atoms with Crippen molar-refractivity contribution in [3.05, 3.63) is 54.0 Å². The number of hydrogen-bond donors (Lipinski definition) is 1. The van der Waals surface area contributed by atoms with Gasteiger partial charge < -0.3 is 9.73 Å². The summed E-state index contributed by atoms with van der Waals surface area (Å²) in [6.07, 6.45) is 1.52. The summed E-state index contributed by atoms with van der Waals surface area (Å²) >= 11 is 0. The van der Waals surface area contributed by atoms with Gasteiger partial charge in [-0.2, -0.15) is 4.31 Å². The molecule has 0 bridgehead atoms. The normalized spacial score (nSPS) is 11.6. The number of aryl methyl sites for hydroxylation is 1. The van der Waals surface area contributed by atoms with Crippen molar-refractivity contribution >= 4 is 15.9 Å². The first-order chi connectivity index (χ1) is 10.9. The molecule has 1 heterocycles. The highest BCUT2D eigenvalue weighted by Crippen LogP contribution is 2.16. The first-order valence-electron chi connectivity index (χ1n) is 7.29. The third-order valence-electron chi connectivity index (χ3n) is 3.37. The third kappa shape index (κ3) is 4.43. The molecule has 0 fully saturated rings. The number of hydrogen-bond acceptors (Lipinski definition) is 4. The Balaban J connectivity index is 2.03. The Bertz CT molecular complexity index is 737. The smallest absolute Gasteiger partial charge is 0.243 e. The van der Waals surface area contributed by atoms with E-state index >= 15 is 0 Å². The Labute approximate surface area is 136 Å². The van der Waals surface area contributed by atoms with E-state index in [4.69, 9.17) is 4.42 Å². The van der Waals surface area contributed by atoms with Gasteiger partial charge in [0.2, 0.25) is 15.9 Å². The van der Waals surface area contributed by atoms with E-state index in [2.05, 4.69) is 5.32 Å². The van der Waals surface area contributed by atoms with Gasteiger partial charge in [-0.3, -0.25) is 4.79 Å².